The van der Waals surface area contributed by atoms with E-state index in [2.05, 4.69) is 41.5 Å². The molecule has 0 aromatic carbocycles. The van der Waals surface area contributed by atoms with Crippen LogP contribution in [0, 0.1) is 17.8 Å². The molecule has 0 saturated heterocycles. The van der Waals surface area contributed by atoms with Crippen LogP contribution in [0.2, 0.25) is 0 Å². The summed E-state index contributed by atoms with van der Waals surface area (Å²) in [5.41, 5.74) is 0. The highest BCUT2D eigenvalue weighted by atomic mass is 16.6. The molecule has 0 amide bonds. The van der Waals surface area contributed by atoms with Crippen LogP contribution >= 0.6 is 0 Å². The first-order chi connectivity index (χ1) is 31.1. The minimum Gasteiger partial charge on any atom is -0.462 e. The van der Waals surface area contributed by atoms with Crippen molar-refractivity contribution in [3.63, 3.8) is 0 Å². The number of hydrogen-bond acceptors (Lipinski definition) is 6. The Labute approximate surface area is 399 Å². The first kappa shape index (κ1) is 62.4. The average molecular weight is 906 g/mol. The van der Waals surface area contributed by atoms with Crippen LogP contribution in [0.4, 0.5) is 0 Å². The summed E-state index contributed by atoms with van der Waals surface area (Å²) in [5.74, 6) is 1.64. The molecule has 0 aromatic rings. The monoisotopic (exact) mass is 905 g/mol. The van der Waals surface area contributed by atoms with Crippen molar-refractivity contribution in [1.82, 2.24) is 0 Å². The van der Waals surface area contributed by atoms with Crippen LogP contribution in [-0.4, -0.2) is 37.2 Å². The predicted octanol–water partition coefficient (Wildman–Crippen LogP) is 18.7. The second-order valence-corrected chi connectivity index (χ2v) is 21.4. The Morgan fingerprint density at radius 1 is 0.266 bits per heavy atom. The van der Waals surface area contributed by atoms with Gasteiger partial charge in [-0.05, 0) is 37.0 Å². The minimum atomic E-state index is -0.763. The Hall–Kier alpha value is -1.59. The van der Waals surface area contributed by atoms with E-state index in [0.29, 0.717) is 19.3 Å². The summed E-state index contributed by atoms with van der Waals surface area (Å²) in [4.78, 5) is 38.1. The van der Waals surface area contributed by atoms with Crippen molar-refractivity contribution in [3.05, 3.63) is 0 Å². The van der Waals surface area contributed by atoms with Crippen molar-refractivity contribution < 1.29 is 28.6 Å². The highest BCUT2D eigenvalue weighted by Gasteiger charge is 2.19. The molecule has 0 N–H and O–H groups in total. The van der Waals surface area contributed by atoms with Gasteiger partial charge in [-0.2, -0.15) is 0 Å². The lowest BCUT2D eigenvalue weighted by Gasteiger charge is -2.18. The lowest BCUT2D eigenvalue weighted by Crippen LogP contribution is -2.30. The maximum atomic E-state index is 12.8. The fourth-order valence-electron chi connectivity index (χ4n) is 8.82. The van der Waals surface area contributed by atoms with E-state index in [0.717, 1.165) is 75.5 Å². The van der Waals surface area contributed by atoms with Gasteiger partial charge in [0.1, 0.15) is 13.2 Å². The number of carbonyl (C=O) groups is 3. The van der Waals surface area contributed by atoms with Crippen molar-refractivity contribution in [2.45, 2.75) is 324 Å². The topological polar surface area (TPSA) is 78.9 Å². The van der Waals surface area contributed by atoms with Gasteiger partial charge >= 0.3 is 17.9 Å². The molecule has 0 aromatic heterocycles. The molecule has 380 valence electrons. The summed E-state index contributed by atoms with van der Waals surface area (Å²) in [7, 11) is 0. The van der Waals surface area contributed by atoms with Crippen molar-refractivity contribution in [2.75, 3.05) is 13.2 Å². The Kier molecular flexibility index (Phi) is 48.1. The van der Waals surface area contributed by atoms with Gasteiger partial charge in [0.15, 0.2) is 6.10 Å². The fourth-order valence-corrected chi connectivity index (χ4v) is 8.82. The largest absolute Gasteiger partial charge is 0.462 e. The third kappa shape index (κ3) is 51.4. The van der Waals surface area contributed by atoms with Crippen LogP contribution in [0.1, 0.15) is 318 Å². The van der Waals surface area contributed by atoms with Crippen LogP contribution in [-0.2, 0) is 28.6 Å². The Balaban J connectivity index is 4.24. The van der Waals surface area contributed by atoms with Crippen LogP contribution in [0.3, 0.4) is 0 Å². The molecule has 0 rings (SSSR count). The van der Waals surface area contributed by atoms with Gasteiger partial charge in [-0.1, -0.05) is 279 Å². The van der Waals surface area contributed by atoms with Crippen molar-refractivity contribution >= 4 is 17.9 Å². The van der Waals surface area contributed by atoms with Crippen molar-refractivity contribution in [3.8, 4) is 0 Å². The van der Waals surface area contributed by atoms with Gasteiger partial charge in [0, 0.05) is 19.3 Å². The third-order valence-corrected chi connectivity index (χ3v) is 13.1. The van der Waals surface area contributed by atoms with Gasteiger partial charge in [-0.15, -0.1) is 0 Å². The molecule has 0 bridgehead atoms. The second kappa shape index (κ2) is 49.3. The molecule has 0 aliphatic heterocycles. The molecule has 0 saturated carbocycles. The van der Waals surface area contributed by atoms with E-state index < -0.39 is 6.10 Å². The van der Waals surface area contributed by atoms with Crippen LogP contribution < -0.4 is 0 Å². The van der Waals surface area contributed by atoms with Gasteiger partial charge in [-0.25, -0.2) is 0 Å². The molecule has 1 atom stereocenters. The number of rotatable bonds is 51. The Morgan fingerprint density at radius 2 is 0.453 bits per heavy atom. The van der Waals surface area contributed by atoms with E-state index in [4.69, 9.17) is 14.2 Å². The Morgan fingerprint density at radius 3 is 0.672 bits per heavy atom. The summed E-state index contributed by atoms with van der Waals surface area (Å²) < 4.78 is 16.9. The zero-order chi connectivity index (χ0) is 47.0. The first-order valence-corrected chi connectivity index (χ1v) is 28.6. The third-order valence-electron chi connectivity index (χ3n) is 13.1. The maximum absolute atomic E-state index is 12.8. The quantitative estimate of drug-likeness (QED) is 0.0344. The van der Waals surface area contributed by atoms with E-state index in [1.165, 1.54) is 199 Å². The highest BCUT2D eigenvalue weighted by Crippen LogP contribution is 2.18. The van der Waals surface area contributed by atoms with Crippen LogP contribution in [0.25, 0.3) is 0 Å². The van der Waals surface area contributed by atoms with Crippen LogP contribution in [0.15, 0.2) is 0 Å². The number of ether oxygens (including phenoxy) is 3. The summed E-state index contributed by atoms with van der Waals surface area (Å²) in [6.07, 6.45) is 51.0. The van der Waals surface area contributed by atoms with Gasteiger partial charge in [0.25, 0.3) is 0 Å². The zero-order valence-electron chi connectivity index (χ0n) is 44.1. The molecule has 64 heavy (non-hydrogen) atoms. The average Bonchev–Trinajstić information content (AvgIpc) is 3.25. The highest BCUT2D eigenvalue weighted by molar-refractivity contribution is 5.71. The molecule has 0 radical (unpaired) electrons. The molecule has 0 aliphatic carbocycles. The molecule has 0 unspecified atom stereocenters. The molecule has 0 heterocycles. The standard InChI is InChI=1S/C58H112O6/c1-52(2)44-38-32-26-20-16-12-9-7-8-10-14-18-22-29-35-41-47-56(59)62-50-55(64-58(61)49-43-37-31-25-24-28-34-40-46-54(5)6)51-63-57(60)48-42-36-30-23-19-15-11-13-17-21-27-33-39-45-53(3)4/h52-55H,7-51H2,1-6H3/t55-/m0/s1. The smallest absolute Gasteiger partial charge is 0.306 e. The molecule has 0 fully saturated rings. The van der Waals surface area contributed by atoms with E-state index in [-0.39, 0.29) is 31.1 Å². The van der Waals surface area contributed by atoms with Crippen LogP contribution in [0.5, 0.6) is 0 Å². The first-order valence-electron chi connectivity index (χ1n) is 28.6. The number of esters is 3. The predicted molar refractivity (Wildman–Crippen MR) is 275 cm³/mol. The molecule has 0 aliphatic rings. The molecule has 0 spiro atoms. The normalized spacial score (nSPS) is 12.1. The minimum absolute atomic E-state index is 0.0641. The number of hydrogen-bond donors (Lipinski definition) is 0. The Bertz CT molecular complexity index is 991. The van der Waals surface area contributed by atoms with E-state index in [1.54, 1.807) is 0 Å². The fraction of sp³-hybridized carbons (Fsp3) is 0.948. The summed E-state index contributed by atoms with van der Waals surface area (Å²) in [6, 6.07) is 0. The van der Waals surface area contributed by atoms with Crippen molar-refractivity contribution in [1.29, 1.82) is 0 Å². The summed E-state index contributed by atoms with van der Waals surface area (Å²) in [6.45, 7) is 13.7. The number of carbonyl (C=O) groups excluding carboxylic acids is 3. The molecule has 6 nitrogen and oxygen atoms in total. The van der Waals surface area contributed by atoms with Gasteiger partial charge in [-0.3, -0.25) is 14.4 Å². The lowest BCUT2D eigenvalue weighted by molar-refractivity contribution is -0.167. The van der Waals surface area contributed by atoms with Gasteiger partial charge in [0.2, 0.25) is 0 Å². The van der Waals surface area contributed by atoms with E-state index in [9.17, 15) is 14.4 Å². The van der Waals surface area contributed by atoms with E-state index in [1.807, 2.05) is 0 Å². The lowest BCUT2D eigenvalue weighted by atomic mass is 10.0. The summed E-state index contributed by atoms with van der Waals surface area (Å²) >= 11 is 0. The number of unbranched alkanes of at least 4 members (excludes halogenated alkanes) is 34. The molecule has 6 heteroatoms. The van der Waals surface area contributed by atoms with Gasteiger partial charge < -0.3 is 14.2 Å². The molecular formula is C58H112O6. The van der Waals surface area contributed by atoms with Gasteiger partial charge in [0.05, 0.1) is 0 Å². The maximum Gasteiger partial charge on any atom is 0.306 e. The summed E-state index contributed by atoms with van der Waals surface area (Å²) in [5, 5.41) is 0. The SMILES string of the molecule is CC(C)CCCCCCCCCCCCCCCCCCC(=O)OC[C@@H](COC(=O)CCCCCCCCCCCCCCCC(C)C)OC(=O)CCCCCCCCCCC(C)C. The second-order valence-electron chi connectivity index (χ2n) is 21.4. The molecular weight excluding hydrogens is 793 g/mol. The van der Waals surface area contributed by atoms with Crippen molar-refractivity contribution in [2.24, 2.45) is 17.8 Å². The zero-order valence-corrected chi connectivity index (χ0v) is 44.1. The van der Waals surface area contributed by atoms with E-state index >= 15 is 0 Å².